The Kier molecular flexibility index (Phi) is 4.91. The molecule has 1 atom stereocenters. The molecule has 2 aromatic heterocycles. The standard InChI is InChI=1S/C26H23FN4O/c1-16(28)25-22-8-3-5-18-11-12-19(10-9-17-14-29-30(2)15-17)24(23(18)22)26(32)31(25)21-7-4-6-20(27)13-21/h4,6-7,11-16H,3,5,8,28H2,1-2H3/t16-/m0/s1. The Morgan fingerprint density at radius 3 is 2.72 bits per heavy atom. The van der Waals surface area contributed by atoms with Crippen LogP contribution < -0.4 is 11.3 Å². The van der Waals surface area contributed by atoms with Crippen LogP contribution in [0.5, 0.6) is 0 Å². The SMILES string of the molecule is C[C@H](N)c1c2c3c(ccc(C#Cc4cnn(C)c4)c3c(=O)n1-c1cccc(F)c1)CCC2. The largest absolute Gasteiger partial charge is 0.323 e. The van der Waals surface area contributed by atoms with Crippen molar-refractivity contribution in [3.8, 4) is 17.5 Å². The lowest BCUT2D eigenvalue weighted by Crippen LogP contribution is -2.29. The second-order valence-electron chi connectivity index (χ2n) is 8.30. The van der Waals surface area contributed by atoms with Crippen LogP contribution in [0.1, 0.15) is 47.3 Å². The van der Waals surface area contributed by atoms with E-state index in [0.717, 1.165) is 47.0 Å². The molecule has 1 aliphatic rings. The Hall–Kier alpha value is -3.69. The summed E-state index contributed by atoms with van der Waals surface area (Å²) in [4.78, 5) is 13.9. The third-order valence-electron chi connectivity index (χ3n) is 5.98. The van der Waals surface area contributed by atoms with Gasteiger partial charge in [0.15, 0.2) is 0 Å². The fraction of sp³-hybridized carbons (Fsp3) is 0.231. The van der Waals surface area contributed by atoms with Crippen LogP contribution in [0.15, 0.2) is 53.6 Å². The van der Waals surface area contributed by atoms with Gasteiger partial charge in [0, 0.05) is 30.5 Å². The lowest BCUT2D eigenvalue weighted by Gasteiger charge is -2.26. The molecule has 0 bridgehead atoms. The van der Waals surface area contributed by atoms with Gasteiger partial charge in [-0.05, 0) is 67.0 Å². The van der Waals surface area contributed by atoms with Crippen LogP contribution in [0.4, 0.5) is 4.39 Å². The van der Waals surface area contributed by atoms with Crippen molar-refractivity contribution in [2.24, 2.45) is 12.8 Å². The van der Waals surface area contributed by atoms with Crippen molar-refractivity contribution >= 4 is 10.8 Å². The lowest BCUT2D eigenvalue weighted by atomic mass is 9.85. The first kappa shape index (κ1) is 20.2. The number of benzene rings is 2. The van der Waals surface area contributed by atoms with E-state index >= 15 is 0 Å². The number of nitrogens with zero attached hydrogens (tertiary/aromatic N) is 3. The molecule has 0 saturated carbocycles. The van der Waals surface area contributed by atoms with E-state index in [9.17, 15) is 9.18 Å². The predicted octanol–water partition coefficient (Wildman–Crippen LogP) is 3.77. The van der Waals surface area contributed by atoms with Crippen LogP contribution in [-0.2, 0) is 19.9 Å². The molecular formula is C26H23FN4O. The highest BCUT2D eigenvalue weighted by Gasteiger charge is 2.25. The summed E-state index contributed by atoms with van der Waals surface area (Å²) in [5.74, 6) is 5.89. The van der Waals surface area contributed by atoms with Crippen molar-refractivity contribution in [3.05, 3.63) is 92.9 Å². The fourth-order valence-electron chi connectivity index (χ4n) is 4.69. The van der Waals surface area contributed by atoms with Crippen molar-refractivity contribution in [3.63, 3.8) is 0 Å². The van der Waals surface area contributed by atoms with Crippen molar-refractivity contribution in [2.45, 2.75) is 32.2 Å². The minimum atomic E-state index is -0.399. The van der Waals surface area contributed by atoms with Crippen molar-refractivity contribution in [1.82, 2.24) is 14.3 Å². The molecule has 0 saturated heterocycles. The minimum absolute atomic E-state index is 0.221. The molecule has 160 valence electrons. The maximum absolute atomic E-state index is 14.1. The molecule has 0 spiro atoms. The first-order valence-electron chi connectivity index (χ1n) is 10.7. The summed E-state index contributed by atoms with van der Waals surface area (Å²) in [6.45, 7) is 1.87. The Morgan fingerprint density at radius 1 is 1.16 bits per heavy atom. The molecule has 2 heterocycles. The third kappa shape index (κ3) is 3.31. The topological polar surface area (TPSA) is 65.8 Å². The van der Waals surface area contributed by atoms with Crippen LogP contribution in [-0.4, -0.2) is 14.3 Å². The van der Waals surface area contributed by atoms with E-state index in [2.05, 4.69) is 23.0 Å². The monoisotopic (exact) mass is 426 g/mol. The van der Waals surface area contributed by atoms with Gasteiger partial charge in [0.05, 0.1) is 22.8 Å². The average Bonchev–Trinajstić information content (AvgIpc) is 3.19. The Morgan fingerprint density at radius 2 is 2.00 bits per heavy atom. The molecule has 0 fully saturated rings. The zero-order valence-electron chi connectivity index (χ0n) is 18.0. The van der Waals surface area contributed by atoms with Crippen molar-refractivity contribution in [2.75, 3.05) is 0 Å². The van der Waals surface area contributed by atoms with Gasteiger partial charge in [-0.2, -0.15) is 5.10 Å². The predicted molar refractivity (Wildman–Crippen MR) is 123 cm³/mol. The maximum Gasteiger partial charge on any atom is 0.264 e. The number of nitrogens with two attached hydrogens (primary N) is 1. The fourth-order valence-corrected chi connectivity index (χ4v) is 4.69. The van der Waals surface area contributed by atoms with Crippen LogP contribution in [0, 0.1) is 17.7 Å². The summed E-state index contributed by atoms with van der Waals surface area (Å²) in [5, 5.41) is 5.68. The highest BCUT2D eigenvalue weighted by Crippen LogP contribution is 2.35. The van der Waals surface area contributed by atoms with Gasteiger partial charge in [-0.3, -0.25) is 14.0 Å². The van der Waals surface area contributed by atoms with Gasteiger partial charge in [0.2, 0.25) is 0 Å². The zero-order valence-corrected chi connectivity index (χ0v) is 18.0. The maximum atomic E-state index is 14.1. The molecule has 0 amide bonds. The third-order valence-corrected chi connectivity index (χ3v) is 5.98. The minimum Gasteiger partial charge on any atom is -0.323 e. The number of pyridine rings is 1. The van der Waals surface area contributed by atoms with Gasteiger partial charge in [0.1, 0.15) is 5.82 Å². The van der Waals surface area contributed by atoms with E-state index in [4.69, 9.17) is 5.73 Å². The van der Waals surface area contributed by atoms with E-state index in [-0.39, 0.29) is 11.6 Å². The second kappa shape index (κ2) is 7.77. The quantitative estimate of drug-likeness (QED) is 0.496. The Labute approximate surface area is 185 Å². The number of hydrogen-bond donors (Lipinski definition) is 1. The number of aromatic nitrogens is 3. The zero-order chi connectivity index (χ0) is 22.4. The van der Waals surface area contributed by atoms with Crippen LogP contribution in [0.25, 0.3) is 16.5 Å². The van der Waals surface area contributed by atoms with E-state index < -0.39 is 5.82 Å². The molecule has 2 aromatic carbocycles. The molecule has 0 radical (unpaired) electrons. The summed E-state index contributed by atoms with van der Waals surface area (Å²) in [6, 6.07) is 9.68. The average molecular weight is 426 g/mol. The van der Waals surface area contributed by atoms with Gasteiger partial charge in [-0.15, -0.1) is 0 Å². The molecule has 4 aromatic rings. The van der Waals surface area contributed by atoms with Crippen LogP contribution in [0.2, 0.25) is 0 Å². The number of hydrogen-bond acceptors (Lipinski definition) is 3. The molecule has 1 aliphatic carbocycles. The second-order valence-corrected chi connectivity index (χ2v) is 8.30. The highest BCUT2D eigenvalue weighted by molar-refractivity contribution is 5.94. The van der Waals surface area contributed by atoms with E-state index in [1.807, 2.05) is 26.2 Å². The molecule has 5 nitrogen and oxygen atoms in total. The first-order valence-corrected chi connectivity index (χ1v) is 10.7. The van der Waals surface area contributed by atoms with E-state index in [0.29, 0.717) is 16.6 Å². The van der Waals surface area contributed by atoms with Crippen LogP contribution in [0.3, 0.4) is 0 Å². The highest BCUT2D eigenvalue weighted by atomic mass is 19.1. The summed E-state index contributed by atoms with van der Waals surface area (Å²) in [5.41, 5.74) is 11.0. The van der Waals surface area contributed by atoms with E-state index in [1.165, 1.54) is 12.1 Å². The summed E-state index contributed by atoms with van der Waals surface area (Å²) in [6.07, 6.45) is 6.22. The smallest absolute Gasteiger partial charge is 0.264 e. The van der Waals surface area contributed by atoms with Crippen molar-refractivity contribution in [1.29, 1.82) is 0 Å². The van der Waals surface area contributed by atoms with Gasteiger partial charge in [-0.1, -0.05) is 24.0 Å². The van der Waals surface area contributed by atoms with Gasteiger partial charge in [-0.25, -0.2) is 4.39 Å². The number of aryl methyl sites for hydroxylation is 3. The Bertz CT molecular complexity index is 1480. The molecule has 0 unspecified atom stereocenters. The molecule has 5 rings (SSSR count). The molecular weight excluding hydrogens is 403 g/mol. The number of halogens is 1. The van der Waals surface area contributed by atoms with Gasteiger partial charge >= 0.3 is 0 Å². The van der Waals surface area contributed by atoms with Crippen molar-refractivity contribution < 1.29 is 4.39 Å². The number of rotatable bonds is 2. The molecule has 32 heavy (non-hydrogen) atoms. The summed E-state index contributed by atoms with van der Waals surface area (Å²) >= 11 is 0. The van der Waals surface area contributed by atoms with Crippen LogP contribution >= 0.6 is 0 Å². The summed E-state index contributed by atoms with van der Waals surface area (Å²) < 4.78 is 17.4. The first-order chi connectivity index (χ1) is 15.4. The normalized spacial score (nSPS) is 13.6. The summed E-state index contributed by atoms with van der Waals surface area (Å²) in [7, 11) is 1.83. The molecule has 2 N–H and O–H groups in total. The van der Waals surface area contributed by atoms with E-state index in [1.54, 1.807) is 27.6 Å². The van der Waals surface area contributed by atoms with Gasteiger partial charge < -0.3 is 5.73 Å². The Balaban J connectivity index is 1.89. The lowest BCUT2D eigenvalue weighted by molar-refractivity contribution is 0.624. The molecule has 6 heteroatoms. The molecule has 0 aliphatic heterocycles. The van der Waals surface area contributed by atoms with Gasteiger partial charge in [0.25, 0.3) is 5.56 Å².